The Bertz CT molecular complexity index is 1050. The molecule has 0 aliphatic heterocycles. The van der Waals surface area contributed by atoms with Gasteiger partial charge in [0.25, 0.3) is 11.5 Å². The van der Waals surface area contributed by atoms with E-state index in [2.05, 4.69) is 10.3 Å². The van der Waals surface area contributed by atoms with Crippen molar-refractivity contribution in [3.05, 3.63) is 89.1 Å². The molecule has 3 rings (SSSR count). The molecule has 1 atom stereocenters. The highest BCUT2D eigenvalue weighted by molar-refractivity contribution is 6.36. The van der Waals surface area contributed by atoms with E-state index in [9.17, 15) is 14.4 Å². The number of carbonyl (C=O) groups is 2. The van der Waals surface area contributed by atoms with Crippen LogP contribution in [0.3, 0.4) is 0 Å². The number of hydrogen-bond acceptors (Lipinski definition) is 4. The summed E-state index contributed by atoms with van der Waals surface area (Å²) in [6.45, 7) is 1.83. The lowest BCUT2D eigenvalue weighted by atomic mass is 10.1. The van der Waals surface area contributed by atoms with Crippen LogP contribution in [0.1, 0.15) is 17.3 Å². The van der Waals surface area contributed by atoms with Gasteiger partial charge in [-0.1, -0.05) is 25.1 Å². The Morgan fingerprint density at radius 1 is 1.14 bits per heavy atom. The molecule has 1 aromatic heterocycles. The Morgan fingerprint density at radius 3 is 2.48 bits per heavy atom. The summed E-state index contributed by atoms with van der Waals surface area (Å²) in [5, 5.41) is 2.73. The molecule has 1 unspecified atom stereocenters. The smallest absolute Gasteiger partial charge is 0.273 e. The largest absolute Gasteiger partial charge is 0.351 e. The van der Waals surface area contributed by atoms with Crippen LogP contribution in [-0.4, -0.2) is 27.9 Å². The fraction of sp³-hybridized carbons (Fsp3) is 0.143. The molecule has 0 radical (unpaired) electrons. The Labute approximate surface area is 172 Å². The van der Waals surface area contributed by atoms with E-state index in [1.807, 2.05) is 6.07 Å². The van der Waals surface area contributed by atoms with Crippen molar-refractivity contribution in [1.29, 1.82) is 0 Å². The van der Waals surface area contributed by atoms with Gasteiger partial charge in [-0.15, -0.1) is 0 Å². The number of nitrogens with zero attached hydrogens (tertiary/aromatic N) is 3. The number of aromatic nitrogens is 2. The van der Waals surface area contributed by atoms with Crippen molar-refractivity contribution in [3.8, 4) is 5.69 Å². The molecule has 0 spiro atoms. The lowest BCUT2D eigenvalue weighted by molar-refractivity contribution is -0.120. The molecule has 2 amide bonds. The molecule has 8 heteroatoms. The SMILES string of the molecule is CC(CNC(=O)c1ccc(-n2ccncc2=O)cc1)C(=O)N(Cl)c1ccccc1. The van der Waals surface area contributed by atoms with E-state index in [0.717, 1.165) is 4.42 Å². The summed E-state index contributed by atoms with van der Waals surface area (Å²) in [5.41, 5.74) is 1.35. The summed E-state index contributed by atoms with van der Waals surface area (Å²) in [4.78, 5) is 40.4. The molecule has 7 nitrogen and oxygen atoms in total. The van der Waals surface area contributed by atoms with E-state index in [-0.39, 0.29) is 23.9 Å². The minimum absolute atomic E-state index is 0.138. The monoisotopic (exact) mass is 410 g/mol. The van der Waals surface area contributed by atoms with Crippen molar-refractivity contribution >= 4 is 29.3 Å². The van der Waals surface area contributed by atoms with Gasteiger partial charge in [0, 0.05) is 42.0 Å². The Kier molecular flexibility index (Phi) is 6.41. The van der Waals surface area contributed by atoms with Crippen LogP contribution >= 0.6 is 11.8 Å². The van der Waals surface area contributed by atoms with Crippen LogP contribution in [0.4, 0.5) is 5.69 Å². The van der Waals surface area contributed by atoms with E-state index < -0.39 is 5.92 Å². The summed E-state index contributed by atoms with van der Waals surface area (Å²) >= 11 is 6.11. The van der Waals surface area contributed by atoms with E-state index in [1.165, 1.54) is 17.0 Å². The van der Waals surface area contributed by atoms with E-state index in [0.29, 0.717) is 16.9 Å². The minimum Gasteiger partial charge on any atom is -0.351 e. The summed E-state index contributed by atoms with van der Waals surface area (Å²) in [7, 11) is 0. The number of carbonyl (C=O) groups excluding carboxylic acids is 2. The second-order valence-electron chi connectivity index (χ2n) is 6.40. The van der Waals surface area contributed by atoms with Crippen LogP contribution in [0.25, 0.3) is 5.69 Å². The first-order valence-corrected chi connectivity index (χ1v) is 9.27. The first kappa shape index (κ1) is 20.3. The van der Waals surface area contributed by atoms with Crippen molar-refractivity contribution in [3.63, 3.8) is 0 Å². The van der Waals surface area contributed by atoms with Crippen molar-refractivity contribution in [2.45, 2.75) is 6.92 Å². The molecular weight excluding hydrogens is 392 g/mol. The molecule has 0 aliphatic rings. The fourth-order valence-electron chi connectivity index (χ4n) is 2.65. The summed E-state index contributed by atoms with van der Waals surface area (Å²) < 4.78 is 2.48. The molecule has 1 heterocycles. The third kappa shape index (κ3) is 4.89. The van der Waals surface area contributed by atoms with Gasteiger partial charge >= 0.3 is 0 Å². The highest BCUT2D eigenvalue weighted by Gasteiger charge is 2.21. The lowest BCUT2D eigenvalue weighted by Gasteiger charge is -2.19. The number of amides is 2. The van der Waals surface area contributed by atoms with Gasteiger partial charge in [0.2, 0.25) is 5.91 Å². The number of para-hydroxylation sites is 1. The third-order valence-electron chi connectivity index (χ3n) is 4.30. The average molecular weight is 411 g/mol. The van der Waals surface area contributed by atoms with Crippen LogP contribution in [0, 0.1) is 5.92 Å². The van der Waals surface area contributed by atoms with Crippen LogP contribution < -0.4 is 15.3 Å². The van der Waals surface area contributed by atoms with Crippen molar-refractivity contribution in [2.24, 2.45) is 5.92 Å². The van der Waals surface area contributed by atoms with Gasteiger partial charge in [-0.2, -0.15) is 0 Å². The highest BCUT2D eigenvalue weighted by Crippen LogP contribution is 2.18. The predicted molar refractivity (Wildman–Crippen MR) is 111 cm³/mol. The minimum atomic E-state index is -0.508. The number of anilines is 1. The predicted octanol–water partition coefficient (Wildman–Crippen LogP) is 2.79. The third-order valence-corrected chi connectivity index (χ3v) is 4.66. The van der Waals surface area contributed by atoms with E-state index in [4.69, 9.17) is 11.8 Å². The molecule has 0 aliphatic carbocycles. The second kappa shape index (κ2) is 9.16. The molecule has 3 aromatic rings. The lowest BCUT2D eigenvalue weighted by Crippen LogP contribution is -2.36. The Balaban J connectivity index is 1.59. The summed E-state index contributed by atoms with van der Waals surface area (Å²) in [6.07, 6.45) is 4.28. The highest BCUT2D eigenvalue weighted by atomic mass is 35.5. The zero-order chi connectivity index (χ0) is 20.8. The molecular formula is C21H19ClN4O3. The van der Waals surface area contributed by atoms with Gasteiger partial charge in [0.15, 0.2) is 0 Å². The fourth-order valence-corrected chi connectivity index (χ4v) is 2.93. The number of nitrogens with one attached hydrogen (secondary N) is 1. The topological polar surface area (TPSA) is 84.3 Å². The van der Waals surface area contributed by atoms with Gasteiger partial charge in [-0.25, -0.2) is 4.42 Å². The molecule has 0 bridgehead atoms. The molecule has 2 aromatic carbocycles. The van der Waals surface area contributed by atoms with Crippen LogP contribution in [0.2, 0.25) is 0 Å². The van der Waals surface area contributed by atoms with Gasteiger partial charge in [0.1, 0.15) is 0 Å². The van der Waals surface area contributed by atoms with Crippen molar-refractivity contribution in [2.75, 3.05) is 11.0 Å². The number of hydrogen-bond donors (Lipinski definition) is 1. The number of rotatable bonds is 6. The Hall–Kier alpha value is -3.45. The second-order valence-corrected chi connectivity index (χ2v) is 6.74. The van der Waals surface area contributed by atoms with Crippen LogP contribution in [-0.2, 0) is 4.79 Å². The molecule has 0 saturated carbocycles. The molecule has 0 saturated heterocycles. The summed E-state index contributed by atoms with van der Waals surface area (Å²) in [6, 6.07) is 15.4. The van der Waals surface area contributed by atoms with Crippen molar-refractivity contribution < 1.29 is 9.59 Å². The molecule has 29 heavy (non-hydrogen) atoms. The van der Waals surface area contributed by atoms with E-state index in [1.54, 1.807) is 61.7 Å². The standard InChI is InChI=1S/C21H19ClN4O3/c1-15(21(29)26(22)18-5-3-2-4-6-18)13-24-20(28)16-7-9-17(10-8-16)25-12-11-23-14-19(25)27/h2-12,14-15H,13H2,1H3,(H,24,28). The van der Waals surface area contributed by atoms with E-state index >= 15 is 0 Å². The zero-order valence-electron chi connectivity index (χ0n) is 15.7. The average Bonchev–Trinajstić information content (AvgIpc) is 2.77. The van der Waals surface area contributed by atoms with Crippen LogP contribution in [0.15, 0.2) is 78.0 Å². The normalized spacial score (nSPS) is 11.5. The van der Waals surface area contributed by atoms with Crippen LogP contribution in [0.5, 0.6) is 0 Å². The molecule has 0 fully saturated rings. The summed E-state index contributed by atoms with van der Waals surface area (Å²) in [5.74, 6) is -1.14. The first-order valence-electron chi connectivity index (χ1n) is 8.93. The van der Waals surface area contributed by atoms with Crippen molar-refractivity contribution in [1.82, 2.24) is 14.9 Å². The van der Waals surface area contributed by atoms with Gasteiger partial charge in [-0.05, 0) is 36.4 Å². The first-order chi connectivity index (χ1) is 14.0. The molecule has 1 N–H and O–H groups in total. The number of halogens is 1. The van der Waals surface area contributed by atoms with Gasteiger partial charge < -0.3 is 5.32 Å². The molecule has 148 valence electrons. The maximum atomic E-state index is 12.4. The maximum Gasteiger partial charge on any atom is 0.273 e. The Morgan fingerprint density at radius 2 is 1.83 bits per heavy atom. The van der Waals surface area contributed by atoms with Gasteiger partial charge in [-0.3, -0.25) is 23.9 Å². The zero-order valence-corrected chi connectivity index (χ0v) is 16.4. The quantitative estimate of drug-likeness (QED) is 0.633. The maximum absolute atomic E-state index is 12.4. The van der Waals surface area contributed by atoms with Gasteiger partial charge in [0.05, 0.1) is 17.8 Å². The number of benzene rings is 2.